The summed E-state index contributed by atoms with van der Waals surface area (Å²) in [6, 6.07) is -0.220. The van der Waals surface area contributed by atoms with Gasteiger partial charge in [-0.3, -0.25) is 0 Å². The van der Waals surface area contributed by atoms with Crippen molar-refractivity contribution >= 4 is 11.9 Å². The van der Waals surface area contributed by atoms with E-state index in [-0.39, 0.29) is 18.0 Å². The SMILES string of the molecule is CC(C)[C@@H]1CC[C@@H](C)CC1OC(=O)N[C@H]1CCC[C@]1(C)Nc1cnc(C(F)(F)F)cn1. The molecule has 0 spiro atoms. The van der Waals surface area contributed by atoms with Crippen LogP contribution in [0.3, 0.4) is 0 Å². The minimum absolute atomic E-state index is 0.0925. The van der Waals surface area contributed by atoms with E-state index in [0.717, 1.165) is 44.7 Å². The topological polar surface area (TPSA) is 76.1 Å². The van der Waals surface area contributed by atoms with E-state index in [1.807, 2.05) is 6.92 Å². The number of alkyl carbamates (subject to hydrolysis) is 1. The highest BCUT2D eigenvalue weighted by molar-refractivity contribution is 5.68. The second-order valence-corrected chi connectivity index (χ2v) is 9.69. The Balaban J connectivity index is 1.62. The highest BCUT2D eigenvalue weighted by Crippen LogP contribution is 2.36. The average Bonchev–Trinajstić information content (AvgIpc) is 3.01. The molecule has 2 aliphatic carbocycles. The molecule has 0 aliphatic heterocycles. The molecule has 1 amide bonds. The zero-order chi connectivity index (χ0) is 22.8. The van der Waals surface area contributed by atoms with Gasteiger partial charge in [-0.05, 0) is 56.8 Å². The first kappa shape index (κ1) is 23.6. The van der Waals surface area contributed by atoms with Crippen LogP contribution in [-0.2, 0) is 10.9 Å². The van der Waals surface area contributed by atoms with Crippen LogP contribution in [0, 0.1) is 17.8 Å². The van der Waals surface area contributed by atoms with Gasteiger partial charge in [0, 0.05) is 0 Å². The summed E-state index contributed by atoms with van der Waals surface area (Å²) in [5.74, 6) is 1.59. The van der Waals surface area contributed by atoms with Gasteiger partial charge in [-0.2, -0.15) is 13.2 Å². The molecule has 2 aliphatic rings. The van der Waals surface area contributed by atoms with E-state index in [1.54, 1.807) is 0 Å². The van der Waals surface area contributed by atoms with Crippen molar-refractivity contribution in [2.45, 2.75) is 90.1 Å². The van der Waals surface area contributed by atoms with Crippen molar-refractivity contribution < 1.29 is 22.7 Å². The lowest BCUT2D eigenvalue weighted by molar-refractivity contribution is -0.141. The minimum atomic E-state index is -4.53. The molecular formula is C22H33F3N4O2. The normalized spacial score (nSPS) is 31.5. The van der Waals surface area contributed by atoms with Crippen molar-refractivity contribution in [3.05, 3.63) is 18.1 Å². The molecule has 174 valence electrons. The van der Waals surface area contributed by atoms with E-state index >= 15 is 0 Å². The lowest BCUT2D eigenvalue weighted by Crippen LogP contribution is -2.53. The van der Waals surface area contributed by atoms with Gasteiger partial charge in [0.2, 0.25) is 0 Å². The Morgan fingerprint density at radius 1 is 1.23 bits per heavy atom. The molecular weight excluding hydrogens is 409 g/mol. The number of nitrogens with one attached hydrogen (secondary N) is 2. The van der Waals surface area contributed by atoms with Crippen molar-refractivity contribution in [2.75, 3.05) is 5.32 Å². The summed E-state index contributed by atoms with van der Waals surface area (Å²) in [6.45, 7) is 8.45. The number of carbonyl (C=O) groups is 1. The summed E-state index contributed by atoms with van der Waals surface area (Å²) in [7, 11) is 0. The van der Waals surface area contributed by atoms with Crippen LogP contribution in [-0.4, -0.2) is 33.7 Å². The molecule has 31 heavy (non-hydrogen) atoms. The highest BCUT2D eigenvalue weighted by atomic mass is 19.4. The molecule has 1 aromatic rings. The Morgan fingerprint density at radius 2 is 1.97 bits per heavy atom. The third-order valence-corrected chi connectivity index (χ3v) is 6.83. The van der Waals surface area contributed by atoms with Crippen molar-refractivity contribution in [3.63, 3.8) is 0 Å². The van der Waals surface area contributed by atoms with E-state index in [4.69, 9.17) is 4.74 Å². The maximum atomic E-state index is 12.7. The smallest absolute Gasteiger partial charge is 0.434 e. The molecule has 2 fully saturated rings. The van der Waals surface area contributed by atoms with Crippen molar-refractivity contribution in [1.82, 2.24) is 15.3 Å². The zero-order valence-corrected chi connectivity index (χ0v) is 18.6. The van der Waals surface area contributed by atoms with Crippen LogP contribution in [0.2, 0.25) is 0 Å². The maximum absolute atomic E-state index is 12.7. The fourth-order valence-corrected chi connectivity index (χ4v) is 4.94. The largest absolute Gasteiger partial charge is 0.446 e. The Morgan fingerprint density at radius 3 is 2.58 bits per heavy atom. The van der Waals surface area contributed by atoms with E-state index in [9.17, 15) is 18.0 Å². The number of nitrogens with zero attached hydrogens (tertiary/aromatic N) is 2. The molecule has 0 bridgehead atoms. The average molecular weight is 443 g/mol. The molecule has 1 heterocycles. The Hall–Kier alpha value is -2.06. The summed E-state index contributed by atoms with van der Waals surface area (Å²) in [5, 5.41) is 6.17. The third kappa shape index (κ3) is 5.80. The van der Waals surface area contributed by atoms with Crippen LogP contribution in [0.4, 0.5) is 23.8 Å². The Labute approximate surface area is 181 Å². The number of anilines is 1. The van der Waals surface area contributed by atoms with Crippen LogP contribution < -0.4 is 10.6 Å². The molecule has 0 saturated heterocycles. The number of carbonyl (C=O) groups excluding carboxylic acids is 1. The number of alkyl halides is 3. The lowest BCUT2D eigenvalue weighted by atomic mass is 9.75. The molecule has 1 unspecified atom stereocenters. The number of hydrogen-bond acceptors (Lipinski definition) is 5. The molecule has 2 saturated carbocycles. The van der Waals surface area contributed by atoms with E-state index in [0.29, 0.717) is 24.0 Å². The first-order valence-corrected chi connectivity index (χ1v) is 11.1. The Kier molecular flexibility index (Phi) is 7.01. The number of aromatic nitrogens is 2. The van der Waals surface area contributed by atoms with Gasteiger partial charge < -0.3 is 15.4 Å². The minimum Gasteiger partial charge on any atom is -0.446 e. The maximum Gasteiger partial charge on any atom is 0.434 e. The lowest BCUT2D eigenvalue weighted by Gasteiger charge is -2.38. The van der Waals surface area contributed by atoms with Crippen LogP contribution in [0.5, 0.6) is 0 Å². The summed E-state index contributed by atoms with van der Waals surface area (Å²) in [5.41, 5.74) is -1.58. The number of hydrogen-bond donors (Lipinski definition) is 2. The molecule has 0 radical (unpaired) electrons. The zero-order valence-electron chi connectivity index (χ0n) is 18.6. The summed E-state index contributed by atoms with van der Waals surface area (Å²) in [6.07, 6.45) is 2.21. The predicted octanol–water partition coefficient (Wildman–Crippen LogP) is 5.41. The standard InChI is InChI=1S/C22H33F3N4O2/c1-13(2)15-8-7-14(3)10-16(15)31-20(30)28-17-6-5-9-21(17,4)29-19-12-26-18(11-27-19)22(23,24)25/h11-17H,5-10H2,1-4H3,(H,27,29)(H,28,30)/t14-,15+,16?,17+,21+/m1/s1. The first-order valence-electron chi connectivity index (χ1n) is 11.1. The quantitative estimate of drug-likeness (QED) is 0.638. The number of ether oxygens (including phenoxy) is 1. The van der Waals surface area contributed by atoms with E-state index in [2.05, 4.69) is 41.4 Å². The number of rotatable bonds is 5. The number of amides is 1. The van der Waals surface area contributed by atoms with Gasteiger partial charge in [0.25, 0.3) is 0 Å². The predicted molar refractivity (Wildman–Crippen MR) is 111 cm³/mol. The van der Waals surface area contributed by atoms with Crippen molar-refractivity contribution in [3.8, 4) is 0 Å². The summed E-state index contributed by atoms with van der Waals surface area (Å²) >= 11 is 0. The van der Waals surface area contributed by atoms with E-state index in [1.165, 1.54) is 0 Å². The monoisotopic (exact) mass is 442 g/mol. The fourth-order valence-electron chi connectivity index (χ4n) is 4.94. The molecule has 0 aromatic carbocycles. The van der Waals surface area contributed by atoms with Crippen LogP contribution in [0.25, 0.3) is 0 Å². The molecule has 9 heteroatoms. The summed E-state index contributed by atoms with van der Waals surface area (Å²) in [4.78, 5) is 20.0. The molecule has 1 aromatic heterocycles. The third-order valence-electron chi connectivity index (χ3n) is 6.83. The second kappa shape index (κ2) is 9.20. The van der Waals surface area contributed by atoms with Gasteiger partial charge in [-0.25, -0.2) is 14.8 Å². The first-order chi connectivity index (χ1) is 14.5. The van der Waals surface area contributed by atoms with Crippen molar-refractivity contribution in [1.29, 1.82) is 0 Å². The van der Waals surface area contributed by atoms with Crippen LogP contribution in [0.15, 0.2) is 12.4 Å². The van der Waals surface area contributed by atoms with Gasteiger partial charge in [-0.1, -0.05) is 27.2 Å². The van der Waals surface area contributed by atoms with Gasteiger partial charge in [0.15, 0.2) is 5.69 Å². The Bertz CT molecular complexity index is 756. The summed E-state index contributed by atoms with van der Waals surface area (Å²) < 4.78 is 44.0. The van der Waals surface area contributed by atoms with Crippen LogP contribution in [0.1, 0.15) is 71.9 Å². The second-order valence-electron chi connectivity index (χ2n) is 9.69. The van der Waals surface area contributed by atoms with E-state index < -0.39 is 23.5 Å². The fraction of sp³-hybridized carbons (Fsp3) is 0.773. The van der Waals surface area contributed by atoms with Crippen molar-refractivity contribution in [2.24, 2.45) is 17.8 Å². The highest BCUT2D eigenvalue weighted by Gasteiger charge is 2.42. The molecule has 2 N–H and O–H groups in total. The van der Waals surface area contributed by atoms with Gasteiger partial charge in [-0.15, -0.1) is 0 Å². The molecule has 6 nitrogen and oxygen atoms in total. The van der Waals surface area contributed by atoms with Gasteiger partial charge >= 0.3 is 12.3 Å². The number of halogens is 3. The molecule has 5 atom stereocenters. The van der Waals surface area contributed by atoms with Crippen LogP contribution >= 0.6 is 0 Å². The van der Waals surface area contributed by atoms with Gasteiger partial charge in [0.05, 0.1) is 24.0 Å². The van der Waals surface area contributed by atoms with Gasteiger partial charge in [0.1, 0.15) is 11.9 Å². The molecule has 3 rings (SSSR count).